The van der Waals surface area contributed by atoms with Crippen molar-refractivity contribution < 1.29 is 14.6 Å². The number of aryl methyl sites for hydroxylation is 2. The highest BCUT2D eigenvalue weighted by Gasteiger charge is 2.19. The third-order valence-electron chi connectivity index (χ3n) is 3.11. The molecular weight excluding hydrogens is 230 g/mol. The van der Waals surface area contributed by atoms with Gasteiger partial charge >= 0.3 is 5.97 Å². The first-order valence-corrected chi connectivity index (χ1v) is 5.96. The van der Waals surface area contributed by atoms with Gasteiger partial charge in [0.05, 0.1) is 19.2 Å². The monoisotopic (exact) mass is 251 g/mol. The molecule has 0 amide bonds. The van der Waals surface area contributed by atoms with Gasteiger partial charge in [-0.15, -0.1) is 0 Å². The van der Waals surface area contributed by atoms with E-state index < -0.39 is 5.97 Å². The lowest BCUT2D eigenvalue weighted by Crippen LogP contribution is -2.31. The number of carboxylic acid groups (broad SMARTS) is 1. The van der Waals surface area contributed by atoms with Crippen molar-refractivity contribution in [2.45, 2.75) is 33.2 Å². The van der Waals surface area contributed by atoms with Gasteiger partial charge in [-0.3, -0.25) is 4.79 Å². The largest absolute Gasteiger partial charge is 0.495 e. The van der Waals surface area contributed by atoms with E-state index in [4.69, 9.17) is 9.84 Å². The van der Waals surface area contributed by atoms with Crippen LogP contribution >= 0.6 is 0 Å². The summed E-state index contributed by atoms with van der Waals surface area (Å²) in [6.45, 7) is 5.92. The van der Waals surface area contributed by atoms with Crippen LogP contribution in [0.25, 0.3) is 0 Å². The summed E-state index contributed by atoms with van der Waals surface area (Å²) in [5.41, 5.74) is 3.18. The van der Waals surface area contributed by atoms with Gasteiger partial charge in [0, 0.05) is 13.1 Å². The van der Waals surface area contributed by atoms with E-state index in [9.17, 15) is 4.79 Å². The van der Waals surface area contributed by atoms with Crippen molar-refractivity contribution in [2.24, 2.45) is 0 Å². The molecular formula is C14H21NO3. The van der Waals surface area contributed by atoms with Crippen molar-refractivity contribution in [1.82, 2.24) is 0 Å². The van der Waals surface area contributed by atoms with Crippen LogP contribution in [0.1, 0.15) is 24.5 Å². The number of carbonyl (C=O) groups is 1. The van der Waals surface area contributed by atoms with E-state index in [0.29, 0.717) is 0 Å². The lowest BCUT2D eigenvalue weighted by atomic mass is 10.1. The van der Waals surface area contributed by atoms with Crippen molar-refractivity contribution in [3.63, 3.8) is 0 Å². The number of ether oxygens (including phenoxy) is 1. The predicted molar refractivity (Wildman–Crippen MR) is 72.6 cm³/mol. The third kappa shape index (κ3) is 3.15. The van der Waals surface area contributed by atoms with E-state index in [1.165, 1.54) is 0 Å². The quantitative estimate of drug-likeness (QED) is 0.874. The van der Waals surface area contributed by atoms with Gasteiger partial charge in [-0.1, -0.05) is 6.07 Å². The van der Waals surface area contributed by atoms with Crippen LogP contribution in [0.4, 0.5) is 5.69 Å². The molecule has 1 N–H and O–H groups in total. The summed E-state index contributed by atoms with van der Waals surface area (Å²) in [6, 6.07) is 3.95. The van der Waals surface area contributed by atoms with Gasteiger partial charge < -0.3 is 14.7 Å². The molecule has 4 heteroatoms. The van der Waals surface area contributed by atoms with Crippen molar-refractivity contribution >= 4 is 11.7 Å². The molecule has 0 saturated heterocycles. The molecule has 0 fully saturated rings. The maximum Gasteiger partial charge on any atom is 0.305 e. The Hall–Kier alpha value is -1.71. The molecule has 0 bridgehead atoms. The van der Waals surface area contributed by atoms with Gasteiger partial charge in [0.25, 0.3) is 0 Å². The highest BCUT2D eigenvalue weighted by atomic mass is 16.5. The topological polar surface area (TPSA) is 49.8 Å². The summed E-state index contributed by atoms with van der Waals surface area (Å²) in [5.74, 6) is -0.00896. The molecule has 18 heavy (non-hydrogen) atoms. The molecule has 0 aliphatic carbocycles. The molecule has 1 unspecified atom stereocenters. The van der Waals surface area contributed by atoms with Gasteiger partial charge in [-0.2, -0.15) is 0 Å². The van der Waals surface area contributed by atoms with Gasteiger partial charge in [0.2, 0.25) is 0 Å². The van der Waals surface area contributed by atoms with E-state index in [-0.39, 0.29) is 12.5 Å². The van der Waals surface area contributed by atoms with Crippen LogP contribution in [0.3, 0.4) is 0 Å². The first kappa shape index (κ1) is 14.4. The number of hydrogen-bond donors (Lipinski definition) is 1. The number of nitrogens with zero attached hydrogens (tertiary/aromatic N) is 1. The van der Waals surface area contributed by atoms with Crippen LogP contribution in [0.2, 0.25) is 0 Å². The Bertz CT molecular complexity index is 443. The molecule has 0 spiro atoms. The number of carboxylic acids is 1. The summed E-state index contributed by atoms with van der Waals surface area (Å²) >= 11 is 0. The Labute approximate surface area is 108 Å². The molecule has 1 aromatic rings. The lowest BCUT2D eigenvalue weighted by Gasteiger charge is -2.29. The van der Waals surface area contributed by atoms with E-state index in [0.717, 1.165) is 22.6 Å². The Morgan fingerprint density at radius 3 is 2.56 bits per heavy atom. The fraction of sp³-hybridized carbons (Fsp3) is 0.500. The second kappa shape index (κ2) is 5.76. The molecule has 0 saturated carbocycles. The van der Waals surface area contributed by atoms with E-state index >= 15 is 0 Å². The van der Waals surface area contributed by atoms with Crippen LogP contribution in [0, 0.1) is 13.8 Å². The number of hydrogen-bond acceptors (Lipinski definition) is 3. The number of methoxy groups -OCH3 is 1. The number of rotatable bonds is 5. The summed E-state index contributed by atoms with van der Waals surface area (Å²) < 4.78 is 5.39. The maximum atomic E-state index is 10.8. The molecule has 100 valence electrons. The molecule has 1 aromatic carbocycles. The fourth-order valence-electron chi connectivity index (χ4n) is 2.14. The molecule has 0 radical (unpaired) electrons. The summed E-state index contributed by atoms with van der Waals surface area (Å²) in [6.07, 6.45) is 0.104. The summed E-state index contributed by atoms with van der Waals surface area (Å²) in [7, 11) is 3.53. The average molecular weight is 251 g/mol. The van der Waals surface area contributed by atoms with Crippen molar-refractivity contribution in [2.75, 3.05) is 19.1 Å². The molecule has 0 aliphatic heterocycles. The van der Waals surface area contributed by atoms with Gasteiger partial charge in [0.15, 0.2) is 0 Å². The molecule has 1 rings (SSSR count). The number of aliphatic carboxylic acids is 1. The maximum absolute atomic E-state index is 10.8. The van der Waals surface area contributed by atoms with Crippen LogP contribution < -0.4 is 9.64 Å². The Balaban J connectivity index is 3.11. The Morgan fingerprint density at radius 1 is 1.44 bits per heavy atom. The standard InChI is InChI=1S/C14H21NO3/c1-9-6-10(2)14(12(7-9)18-5)15(4)11(3)8-13(16)17/h6-7,11H,8H2,1-5H3,(H,16,17). The SMILES string of the molecule is COc1cc(C)cc(C)c1N(C)C(C)CC(=O)O. The van der Waals surface area contributed by atoms with Crippen LogP contribution in [-0.2, 0) is 4.79 Å². The minimum absolute atomic E-state index is 0.0854. The zero-order valence-corrected chi connectivity index (χ0v) is 11.7. The molecule has 4 nitrogen and oxygen atoms in total. The summed E-state index contributed by atoms with van der Waals surface area (Å²) in [5, 5.41) is 8.86. The normalized spacial score (nSPS) is 12.1. The zero-order chi connectivity index (χ0) is 13.9. The smallest absolute Gasteiger partial charge is 0.305 e. The lowest BCUT2D eigenvalue weighted by molar-refractivity contribution is -0.137. The third-order valence-corrected chi connectivity index (χ3v) is 3.11. The molecule has 1 atom stereocenters. The van der Waals surface area contributed by atoms with Gasteiger partial charge in [0.1, 0.15) is 5.75 Å². The Morgan fingerprint density at radius 2 is 2.06 bits per heavy atom. The van der Waals surface area contributed by atoms with E-state index in [1.54, 1.807) is 7.11 Å². The van der Waals surface area contributed by atoms with Crippen LogP contribution in [0.5, 0.6) is 5.75 Å². The van der Waals surface area contributed by atoms with Crippen molar-refractivity contribution in [1.29, 1.82) is 0 Å². The first-order valence-electron chi connectivity index (χ1n) is 5.96. The number of benzene rings is 1. The van der Waals surface area contributed by atoms with Crippen molar-refractivity contribution in [3.05, 3.63) is 23.3 Å². The molecule has 0 aliphatic rings. The zero-order valence-electron chi connectivity index (χ0n) is 11.7. The van der Waals surface area contributed by atoms with Gasteiger partial charge in [-0.05, 0) is 38.0 Å². The van der Waals surface area contributed by atoms with Crippen molar-refractivity contribution in [3.8, 4) is 5.75 Å². The number of anilines is 1. The first-order chi connectivity index (χ1) is 8.36. The second-order valence-electron chi connectivity index (χ2n) is 4.69. The highest BCUT2D eigenvalue weighted by molar-refractivity contribution is 5.70. The minimum Gasteiger partial charge on any atom is -0.495 e. The average Bonchev–Trinajstić information content (AvgIpc) is 2.26. The molecule has 0 heterocycles. The summed E-state index contributed by atoms with van der Waals surface area (Å²) in [4.78, 5) is 12.7. The second-order valence-corrected chi connectivity index (χ2v) is 4.69. The fourth-order valence-corrected chi connectivity index (χ4v) is 2.14. The highest BCUT2D eigenvalue weighted by Crippen LogP contribution is 2.33. The minimum atomic E-state index is -0.793. The van der Waals surface area contributed by atoms with E-state index in [2.05, 4.69) is 6.07 Å². The van der Waals surface area contributed by atoms with E-state index in [1.807, 2.05) is 38.8 Å². The Kier molecular flexibility index (Phi) is 4.59. The predicted octanol–water partition coefficient (Wildman–Crippen LogP) is 2.61. The van der Waals surface area contributed by atoms with Crippen LogP contribution in [0.15, 0.2) is 12.1 Å². The van der Waals surface area contributed by atoms with Crippen LogP contribution in [-0.4, -0.2) is 31.3 Å². The van der Waals surface area contributed by atoms with Gasteiger partial charge in [-0.25, -0.2) is 0 Å². The molecule has 0 aromatic heterocycles.